The molecule has 1 aliphatic heterocycles. The zero-order valence-electron chi connectivity index (χ0n) is 15.8. The summed E-state index contributed by atoms with van der Waals surface area (Å²) in [6, 6.07) is 10.8. The molecular weight excluding hydrogens is 368 g/mol. The summed E-state index contributed by atoms with van der Waals surface area (Å²) in [4.78, 5) is 3.57. The third-order valence-electron chi connectivity index (χ3n) is 4.60. The molecule has 1 heterocycles. The lowest BCUT2D eigenvalue weighted by molar-refractivity contribution is 0.314. The van der Waals surface area contributed by atoms with E-state index in [2.05, 4.69) is 53.9 Å². The van der Waals surface area contributed by atoms with Gasteiger partial charge < -0.3 is 14.8 Å². The Morgan fingerprint density at radius 2 is 1.77 bits per heavy atom. The highest BCUT2D eigenvalue weighted by molar-refractivity contribution is 7.98. The van der Waals surface area contributed by atoms with Crippen molar-refractivity contribution < 1.29 is 9.47 Å². The number of nitrogens with one attached hydrogen (secondary N) is 1. The van der Waals surface area contributed by atoms with E-state index >= 15 is 0 Å². The number of benzene rings is 2. The quantitative estimate of drug-likeness (QED) is 0.702. The number of halogens is 1. The fourth-order valence-electron chi connectivity index (χ4n) is 3.40. The first-order chi connectivity index (χ1) is 12.2. The van der Waals surface area contributed by atoms with Crippen molar-refractivity contribution in [1.82, 2.24) is 4.90 Å². The monoisotopic (exact) mass is 394 g/mol. The van der Waals surface area contributed by atoms with E-state index in [1.54, 1.807) is 26.0 Å². The Balaban J connectivity index is 0.00000243. The number of nitrogens with zero attached hydrogens (tertiary/aromatic N) is 1. The summed E-state index contributed by atoms with van der Waals surface area (Å²) in [6.45, 7) is 2.82. The lowest BCUT2D eigenvalue weighted by Crippen LogP contribution is -2.18. The van der Waals surface area contributed by atoms with E-state index in [1.165, 1.54) is 27.3 Å². The fourth-order valence-corrected chi connectivity index (χ4v) is 4.01. The van der Waals surface area contributed by atoms with Gasteiger partial charge in [-0.3, -0.25) is 4.90 Å². The highest BCUT2D eigenvalue weighted by Crippen LogP contribution is 2.35. The number of anilines is 1. The van der Waals surface area contributed by atoms with Crippen molar-refractivity contribution in [2.24, 2.45) is 0 Å². The molecule has 0 fully saturated rings. The zero-order chi connectivity index (χ0) is 17.8. The highest BCUT2D eigenvalue weighted by atomic mass is 35.5. The van der Waals surface area contributed by atoms with Gasteiger partial charge in [0.15, 0.2) is 11.5 Å². The molecule has 4 nitrogen and oxygen atoms in total. The van der Waals surface area contributed by atoms with Crippen LogP contribution in [0, 0.1) is 0 Å². The minimum Gasteiger partial charge on any atom is -0.493 e. The Bertz CT molecular complexity index is 755. The minimum atomic E-state index is 0. The Morgan fingerprint density at radius 1 is 1.08 bits per heavy atom. The summed E-state index contributed by atoms with van der Waals surface area (Å²) in [5.74, 6) is 1.56. The van der Waals surface area contributed by atoms with Gasteiger partial charge in [0, 0.05) is 30.2 Å². The second-order valence-corrected chi connectivity index (χ2v) is 7.17. The van der Waals surface area contributed by atoms with Crippen LogP contribution in [0.15, 0.2) is 35.2 Å². The SMILES string of the molecule is COc1cc(CN(C)Cc2cccc3c2NCC3)c(SC)cc1OC.Cl. The van der Waals surface area contributed by atoms with E-state index in [9.17, 15) is 0 Å². The molecule has 0 bridgehead atoms. The molecule has 0 spiro atoms. The molecule has 1 N–H and O–H groups in total. The third kappa shape index (κ3) is 4.40. The van der Waals surface area contributed by atoms with Crippen LogP contribution in [-0.4, -0.2) is 39.0 Å². The van der Waals surface area contributed by atoms with Crippen LogP contribution < -0.4 is 14.8 Å². The predicted molar refractivity (Wildman–Crippen MR) is 112 cm³/mol. The Hall–Kier alpha value is -1.56. The maximum atomic E-state index is 5.47. The zero-order valence-corrected chi connectivity index (χ0v) is 17.4. The number of hydrogen-bond donors (Lipinski definition) is 1. The second-order valence-electron chi connectivity index (χ2n) is 6.32. The molecule has 0 aliphatic carbocycles. The van der Waals surface area contributed by atoms with Crippen molar-refractivity contribution in [3.05, 3.63) is 47.0 Å². The fraction of sp³-hybridized carbons (Fsp3) is 0.400. The molecule has 2 aromatic rings. The van der Waals surface area contributed by atoms with Gasteiger partial charge in [0.2, 0.25) is 0 Å². The van der Waals surface area contributed by atoms with Gasteiger partial charge in [0.25, 0.3) is 0 Å². The Labute approximate surface area is 166 Å². The molecule has 1 aliphatic rings. The van der Waals surface area contributed by atoms with E-state index in [0.717, 1.165) is 37.6 Å². The number of rotatable bonds is 7. The van der Waals surface area contributed by atoms with Crippen LogP contribution in [0.3, 0.4) is 0 Å². The Kier molecular flexibility index (Phi) is 7.50. The van der Waals surface area contributed by atoms with Gasteiger partial charge in [-0.05, 0) is 48.5 Å². The summed E-state index contributed by atoms with van der Waals surface area (Å²) >= 11 is 1.74. The van der Waals surface area contributed by atoms with Gasteiger partial charge in [0.05, 0.1) is 14.2 Å². The molecule has 26 heavy (non-hydrogen) atoms. The first kappa shape index (κ1) is 20.7. The second kappa shape index (κ2) is 9.40. The number of ether oxygens (including phenoxy) is 2. The normalized spacial score (nSPS) is 12.3. The summed E-state index contributed by atoms with van der Waals surface area (Å²) in [5.41, 5.74) is 5.38. The molecule has 0 atom stereocenters. The van der Waals surface area contributed by atoms with Crippen LogP contribution in [-0.2, 0) is 19.5 Å². The van der Waals surface area contributed by atoms with Gasteiger partial charge in [-0.1, -0.05) is 18.2 Å². The summed E-state index contributed by atoms with van der Waals surface area (Å²) in [5, 5.41) is 3.53. The number of hydrogen-bond acceptors (Lipinski definition) is 5. The van der Waals surface area contributed by atoms with Gasteiger partial charge >= 0.3 is 0 Å². The first-order valence-corrected chi connectivity index (χ1v) is 9.70. The van der Waals surface area contributed by atoms with Crippen LogP contribution in [0.1, 0.15) is 16.7 Å². The maximum absolute atomic E-state index is 5.47. The van der Waals surface area contributed by atoms with E-state index in [-0.39, 0.29) is 12.4 Å². The van der Waals surface area contributed by atoms with Crippen LogP contribution >= 0.6 is 24.2 Å². The van der Waals surface area contributed by atoms with Gasteiger partial charge in [-0.2, -0.15) is 0 Å². The average Bonchev–Trinajstić information content (AvgIpc) is 3.11. The van der Waals surface area contributed by atoms with Crippen LogP contribution in [0.25, 0.3) is 0 Å². The lowest BCUT2D eigenvalue weighted by atomic mass is 10.1. The summed E-state index contributed by atoms with van der Waals surface area (Å²) < 4.78 is 10.9. The largest absolute Gasteiger partial charge is 0.493 e. The molecule has 0 aromatic heterocycles. The van der Waals surface area contributed by atoms with Gasteiger partial charge in [-0.15, -0.1) is 24.2 Å². The molecule has 0 saturated heterocycles. The van der Waals surface area contributed by atoms with E-state index in [4.69, 9.17) is 9.47 Å². The van der Waals surface area contributed by atoms with Crippen LogP contribution in [0.2, 0.25) is 0 Å². The molecule has 0 unspecified atom stereocenters. The predicted octanol–water partition coefficient (Wildman–Crippen LogP) is 4.45. The standard InChI is InChI=1S/C20H26N2O2S.ClH/c1-22(12-15-7-5-6-14-8-9-21-20(14)15)13-16-10-17(23-2)18(24-3)11-19(16)25-4;/h5-7,10-11,21H,8-9,12-13H2,1-4H3;1H. The van der Waals surface area contributed by atoms with E-state index in [0.29, 0.717) is 0 Å². The molecule has 2 aromatic carbocycles. The average molecular weight is 395 g/mol. The first-order valence-electron chi connectivity index (χ1n) is 8.48. The van der Waals surface area contributed by atoms with Crippen molar-refractivity contribution in [2.75, 3.05) is 39.4 Å². The summed E-state index contributed by atoms with van der Waals surface area (Å²) in [7, 11) is 5.52. The number of methoxy groups -OCH3 is 2. The number of thioether (sulfide) groups is 1. The van der Waals surface area contributed by atoms with Crippen molar-refractivity contribution in [3.8, 4) is 11.5 Å². The molecule has 0 radical (unpaired) electrons. The highest BCUT2D eigenvalue weighted by Gasteiger charge is 2.16. The van der Waals surface area contributed by atoms with E-state index in [1.807, 2.05) is 0 Å². The minimum absolute atomic E-state index is 0. The molecule has 3 rings (SSSR count). The van der Waals surface area contributed by atoms with Crippen molar-refractivity contribution in [2.45, 2.75) is 24.4 Å². The van der Waals surface area contributed by atoms with Crippen molar-refractivity contribution in [1.29, 1.82) is 0 Å². The van der Waals surface area contributed by atoms with Crippen LogP contribution in [0.5, 0.6) is 11.5 Å². The Morgan fingerprint density at radius 3 is 2.46 bits per heavy atom. The van der Waals surface area contributed by atoms with Crippen molar-refractivity contribution in [3.63, 3.8) is 0 Å². The maximum Gasteiger partial charge on any atom is 0.161 e. The lowest BCUT2D eigenvalue weighted by Gasteiger charge is -2.21. The number of fused-ring (bicyclic) bond motifs is 1. The third-order valence-corrected chi connectivity index (χ3v) is 5.42. The number of para-hydroxylation sites is 1. The summed E-state index contributed by atoms with van der Waals surface area (Å²) in [6.07, 6.45) is 3.22. The molecule has 6 heteroatoms. The molecular formula is C20H27ClN2O2S. The topological polar surface area (TPSA) is 33.7 Å². The smallest absolute Gasteiger partial charge is 0.161 e. The molecule has 142 valence electrons. The van der Waals surface area contributed by atoms with Crippen molar-refractivity contribution >= 4 is 29.9 Å². The molecule has 0 saturated carbocycles. The van der Waals surface area contributed by atoms with Gasteiger partial charge in [-0.25, -0.2) is 0 Å². The van der Waals surface area contributed by atoms with E-state index < -0.39 is 0 Å². The van der Waals surface area contributed by atoms with Gasteiger partial charge in [0.1, 0.15) is 0 Å². The van der Waals surface area contributed by atoms with Crippen LogP contribution in [0.4, 0.5) is 5.69 Å². The molecule has 0 amide bonds.